The molecule has 1 atom stereocenters. The molecule has 0 saturated carbocycles. The first-order chi connectivity index (χ1) is 14.6. The van der Waals surface area contributed by atoms with Crippen LogP contribution in [0.2, 0.25) is 15.1 Å². The van der Waals surface area contributed by atoms with Gasteiger partial charge in [0.1, 0.15) is 12.5 Å². The van der Waals surface area contributed by atoms with E-state index in [4.69, 9.17) is 40.1 Å². The molecule has 4 nitrogen and oxygen atoms in total. The summed E-state index contributed by atoms with van der Waals surface area (Å²) >= 11 is 18.6. The SMILES string of the molecule is N#Cc1ccc(N(Cc2cc(Cl)ccc2Cl)[C@H]2CCN(C(=O)CC(F)(F)F)C2)cc1Cl. The van der Waals surface area contributed by atoms with Gasteiger partial charge in [0.2, 0.25) is 5.91 Å². The molecule has 1 aliphatic heterocycles. The zero-order chi connectivity index (χ0) is 22.8. The van der Waals surface area contributed by atoms with Crippen molar-refractivity contribution in [1.29, 1.82) is 5.26 Å². The number of anilines is 1. The number of rotatable bonds is 5. The Morgan fingerprint density at radius 3 is 2.55 bits per heavy atom. The largest absolute Gasteiger partial charge is 0.397 e. The zero-order valence-electron chi connectivity index (χ0n) is 16.1. The van der Waals surface area contributed by atoms with E-state index in [0.717, 1.165) is 5.56 Å². The van der Waals surface area contributed by atoms with Gasteiger partial charge in [-0.25, -0.2) is 0 Å². The van der Waals surface area contributed by atoms with Crippen LogP contribution in [0.1, 0.15) is 24.0 Å². The molecule has 1 fully saturated rings. The van der Waals surface area contributed by atoms with Gasteiger partial charge in [0.05, 0.1) is 10.6 Å². The predicted molar refractivity (Wildman–Crippen MR) is 114 cm³/mol. The smallest absolute Gasteiger partial charge is 0.362 e. The molecular formula is C21H17Cl3F3N3O. The molecule has 0 radical (unpaired) electrons. The molecule has 0 unspecified atom stereocenters. The summed E-state index contributed by atoms with van der Waals surface area (Å²) in [5, 5.41) is 10.4. The van der Waals surface area contributed by atoms with Crippen LogP contribution in [0.5, 0.6) is 0 Å². The van der Waals surface area contributed by atoms with Crippen LogP contribution in [0.15, 0.2) is 36.4 Å². The Bertz CT molecular complexity index is 1020. The van der Waals surface area contributed by atoms with E-state index in [1.54, 1.807) is 36.4 Å². The maximum Gasteiger partial charge on any atom is 0.397 e. The molecule has 0 aliphatic carbocycles. The van der Waals surface area contributed by atoms with Crippen LogP contribution in [-0.2, 0) is 11.3 Å². The van der Waals surface area contributed by atoms with E-state index >= 15 is 0 Å². The van der Waals surface area contributed by atoms with Crippen LogP contribution < -0.4 is 4.90 Å². The fourth-order valence-corrected chi connectivity index (χ4v) is 4.15. The third-order valence-electron chi connectivity index (χ3n) is 5.06. The number of carbonyl (C=O) groups is 1. The Labute approximate surface area is 192 Å². The molecule has 0 spiro atoms. The van der Waals surface area contributed by atoms with Crippen LogP contribution in [0.3, 0.4) is 0 Å². The van der Waals surface area contributed by atoms with Crippen molar-refractivity contribution in [3.8, 4) is 6.07 Å². The highest BCUT2D eigenvalue weighted by atomic mass is 35.5. The molecule has 2 aromatic rings. The van der Waals surface area contributed by atoms with E-state index in [-0.39, 0.29) is 24.2 Å². The van der Waals surface area contributed by atoms with Crippen LogP contribution in [0.25, 0.3) is 0 Å². The number of alkyl halides is 3. The van der Waals surface area contributed by atoms with E-state index in [0.29, 0.717) is 34.3 Å². The standard InChI is InChI=1S/C21H17Cl3F3N3O/c22-15-2-4-18(23)14(7-15)11-30(16-3-1-13(10-28)19(24)8-16)17-5-6-29(12-17)20(31)9-21(25,26)27/h1-4,7-8,17H,5-6,9,11-12H2/t17-/m0/s1. The summed E-state index contributed by atoms with van der Waals surface area (Å²) < 4.78 is 37.9. The van der Waals surface area contributed by atoms with Gasteiger partial charge in [0, 0.05) is 41.4 Å². The molecule has 0 N–H and O–H groups in total. The lowest BCUT2D eigenvalue weighted by Gasteiger charge is -2.32. The van der Waals surface area contributed by atoms with Crippen molar-refractivity contribution in [2.75, 3.05) is 18.0 Å². The van der Waals surface area contributed by atoms with Gasteiger partial charge in [-0.1, -0.05) is 34.8 Å². The average molecular weight is 491 g/mol. The van der Waals surface area contributed by atoms with E-state index < -0.39 is 18.5 Å². The summed E-state index contributed by atoms with van der Waals surface area (Å²) in [6.45, 7) is 0.641. The molecule has 31 heavy (non-hydrogen) atoms. The molecule has 1 amide bonds. The van der Waals surface area contributed by atoms with Gasteiger partial charge < -0.3 is 9.80 Å². The number of amides is 1. The highest BCUT2D eigenvalue weighted by Gasteiger charge is 2.37. The maximum absolute atomic E-state index is 12.6. The van der Waals surface area contributed by atoms with Gasteiger partial charge in [-0.05, 0) is 48.4 Å². The van der Waals surface area contributed by atoms with Gasteiger partial charge in [0.15, 0.2) is 0 Å². The monoisotopic (exact) mass is 489 g/mol. The summed E-state index contributed by atoms with van der Waals surface area (Å²) in [5.74, 6) is -0.950. The fourth-order valence-electron chi connectivity index (χ4n) is 3.56. The number of nitrogens with zero attached hydrogens (tertiary/aromatic N) is 3. The Hall–Kier alpha value is -2.14. The van der Waals surface area contributed by atoms with Gasteiger partial charge in [-0.15, -0.1) is 0 Å². The Morgan fingerprint density at radius 1 is 1.16 bits per heavy atom. The summed E-state index contributed by atoms with van der Waals surface area (Å²) in [7, 11) is 0. The third kappa shape index (κ3) is 5.97. The molecule has 3 rings (SSSR count). The molecule has 0 bridgehead atoms. The lowest BCUT2D eigenvalue weighted by Crippen LogP contribution is -2.39. The summed E-state index contributed by atoms with van der Waals surface area (Å²) in [5.41, 5.74) is 1.68. The van der Waals surface area contributed by atoms with Crippen LogP contribution >= 0.6 is 34.8 Å². The van der Waals surface area contributed by atoms with Crippen molar-refractivity contribution in [2.24, 2.45) is 0 Å². The lowest BCUT2D eigenvalue weighted by atomic mass is 10.1. The van der Waals surface area contributed by atoms with Crippen LogP contribution in [-0.4, -0.2) is 36.1 Å². The normalized spacial score (nSPS) is 16.3. The first kappa shape index (κ1) is 23.5. The van der Waals surface area contributed by atoms with Crippen molar-refractivity contribution in [2.45, 2.75) is 31.6 Å². The van der Waals surface area contributed by atoms with E-state index in [9.17, 15) is 18.0 Å². The van der Waals surface area contributed by atoms with E-state index in [1.807, 2.05) is 11.0 Å². The topological polar surface area (TPSA) is 47.3 Å². The molecule has 0 aromatic heterocycles. The van der Waals surface area contributed by atoms with E-state index in [1.165, 1.54) is 4.90 Å². The fraction of sp³-hybridized carbons (Fsp3) is 0.333. The number of hydrogen-bond donors (Lipinski definition) is 0. The quantitative estimate of drug-likeness (QED) is 0.510. The predicted octanol–water partition coefficient (Wildman–Crippen LogP) is 6.08. The number of likely N-dealkylation sites (tertiary alicyclic amines) is 1. The number of halogens is 6. The number of carbonyl (C=O) groups excluding carboxylic acids is 1. The van der Waals surface area contributed by atoms with Gasteiger partial charge in [-0.2, -0.15) is 18.4 Å². The van der Waals surface area contributed by atoms with Crippen molar-refractivity contribution in [3.05, 3.63) is 62.6 Å². The highest BCUT2D eigenvalue weighted by molar-refractivity contribution is 6.33. The highest BCUT2D eigenvalue weighted by Crippen LogP contribution is 2.32. The molecule has 10 heteroatoms. The van der Waals surface area contributed by atoms with Crippen LogP contribution in [0, 0.1) is 11.3 Å². The second-order valence-corrected chi connectivity index (χ2v) is 8.46. The summed E-state index contributed by atoms with van der Waals surface area (Å²) in [6, 6.07) is 11.7. The second kappa shape index (κ2) is 9.56. The summed E-state index contributed by atoms with van der Waals surface area (Å²) in [6.07, 6.45) is -5.56. The first-order valence-electron chi connectivity index (χ1n) is 9.32. The number of hydrogen-bond acceptors (Lipinski definition) is 3. The van der Waals surface area contributed by atoms with Crippen LogP contribution in [0.4, 0.5) is 18.9 Å². The number of benzene rings is 2. The van der Waals surface area contributed by atoms with Gasteiger partial charge in [-0.3, -0.25) is 4.79 Å². The zero-order valence-corrected chi connectivity index (χ0v) is 18.4. The molecular weight excluding hydrogens is 474 g/mol. The Kier molecular flexibility index (Phi) is 7.25. The minimum atomic E-state index is -4.55. The van der Waals surface area contributed by atoms with Gasteiger partial charge in [0.25, 0.3) is 0 Å². The van der Waals surface area contributed by atoms with Crippen molar-refractivity contribution >= 4 is 46.4 Å². The van der Waals surface area contributed by atoms with Crippen molar-refractivity contribution in [1.82, 2.24) is 4.90 Å². The Morgan fingerprint density at radius 2 is 1.90 bits per heavy atom. The first-order valence-corrected chi connectivity index (χ1v) is 10.5. The van der Waals surface area contributed by atoms with Crippen molar-refractivity contribution < 1.29 is 18.0 Å². The second-order valence-electron chi connectivity index (χ2n) is 7.21. The molecule has 1 heterocycles. The van der Waals surface area contributed by atoms with Gasteiger partial charge >= 0.3 is 6.18 Å². The molecule has 164 valence electrons. The van der Waals surface area contributed by atoms with Crippen molar-refractivity contribution in [3.63, 3.8) is 0 Å². The minimum Gasteiger partial charge on any atom is -0.362 e. The molecule has 2 aromatic carbocycles. The number of nitriles is 1. The lowest BCUT2D eigenvalue weighted by molar-refractivity contribution is -0.160. The Balaban J connectivity index is 1.89. The third-order valence-corrected chi connectivity index (χ3v) is 5.98. The minimum absolute atomic E-state index is 0.130. The van der Waals surface area contributed by atoms with E-state index in [2.05, 4.69) is 0 Å². The summed E-state index contributed by atoms with van der Waals surface area (Å²) in [4.78, 5) is 15.2. The molecule has 1 saturated heterocycles. The molecule has 1 aliphatic rings. The average Bonchev–Trinajstić information content (AvgIpc) is 3.17. The maximum atomic E-state index is 12.6.